The summed E-state index contributed by atoms with van der Waals surface area (Å²) in [5.41, 5.74) is 1.67. The molecule has 1 aliphatic heterocycles. The minimum absolute atomic E-state index is 0.190. The number of nitrogens with zero attached hydrogens (tertiary/aromatic N) is 1. The first-order valence-electron chi connectivity index (χ1n) is 4.73. The van der Waals surface area contributed by atoms with E-state index in [2.05, 4.69) is 5.32 Å². The number of rotatable bonds is 1. The first-order chi connectivity index (χ1) is 7.68. The summed E-state index contributed by atoms with van der Waals surface area (Å²) in [5.74, 6) is -2.38. The molecule has 2 rings (SSSR count). The van der Waals surface area contributed by atoms with Gasteiger partial charge in [0.2, 0.25) is 0 Å². The maximum atomic E-state index is 11.2. The van der Waals surface area contributed by atoms with Crippen molar-refractivity contribution in [3.05, 3.63) is 42.1 Å². The Morgan fingerprint density at radius 2 is 1.94 bits per heavy atom. The van der Waals surface area contributed by atoms with E-state index >= 15 is 0 Å². The number of amides is 1. The molecule has 0 aliphatic carbocycles. The lowest BCUT2D eigenvalue weighted by Crippen LogP contribution is -2.33. The van der Waals surface area contributed by atoms with E-state index in [4.69, 9.17) is 5.11 Å². The Bertz CT molecular complexity index is 454. The van der Waals surface area contributed by atoms with Gasteiger partial charge >= 0.3 is 11.9 Å². The zero-order chi connectivity index (χ0) is 11.5. The highest BCUT2D eigenvalue weighted by atomic mass is 16.4. The highest BCUT2D eigenvalue weighted by Gasteiger charge is 2.23. The predicted octanol–water partition coefficient (Wildman–Crippen LogP) is 0.459. The molecule has 1 heterocycles. The van der Waals surface area contributed by atoms with Crippen molar-refractivity contribution >= 4 is 17.6 Å². The zero-order valence-corrected chi connectivity index (χ0v) is 8.38. The number of nitrogens with one attached hydrogen (secondary N) is 1. The van der Waals surface area contributed by atoms with Crippen molar-refractivity contribution in [3.63, 3.8) is 0 Å². The predicted molar refractivity (Wildman–Crippen MR) is 56.9 cm³/mol. The van der Waals surface area contributed by atoms with Gasteiger partial charge in [0.25, 0.3) is 0 Å². The summed E-state index contributed by atoms with van der Waals surface area (Å²) < 4.78 is 0. The molecule has 1 aliphatic rings. The van der Waals surface area contributed by atoms with Crippen LogP contribution in [0.3, 0.4) is 0 Å². The molecule has 0 bridgehead atoms. The van der Waals surface area contributed by atoms with Crippen LogP contribution in [0, 0.1) is 0 Å². The molecule has 1 aromatic carbocycles. The minimum atomic E-state index is -1.45. The monoisotopic (exact) mass is 218 g/mol. The Hall–Kier alpha value is -2.30. The van der Waals surface area contributed by atoms with Gasteiger partial charge in [0, 0.05) is 6.20 Å². The summed E-state index contributed by atoms with van der Waals surface area (Å²) >= 11 is 0. The van der Waals surface area contributed by atoms with Crippen molar-refractivity contribution in [3.8, 4) is 0 Å². The SMILES string of the molecule is O=C(O)C(=O)N1C=C(c2ccccc2)NC1. The van der Waals surface area contributed by atoms with Crippen molar-refractivity contribution in [2.24, 2.45) is 0 Å². The van der Waals surface area contributed by atoms with Crippen LogP contribution in [0.5, 0.6) is 0 Å². The van der Waals surface area contributed by atoms with E-state index in [1.165, 1.54) is 6.20 Å². The van der Waals surface area contributed by atoms with Crippen molar-refractivity contribution in [2.75, 3.05) is 6.67 Å². The quantitative estimate of drug-likeness (QED) is 0.672. The minimum Gasteiger partial charge on any atom is -0.474 e. The van der Waals surface area contributed by atoms with Crippen LogP contribution in [0.15, 0.2) is 36.5 Å². The van der Waals surface area contributed by atoms with Crippen LogP contribution in [0.1, 0.15) is 5.56 Å². The van der Waals surface area contributed by atoms with E-state index < -0.39 is 11.9 Å². The van der Waals surface area contributed by atoms with Crippen LogP contribution < -0.4 is 5.32 Å². The molecule has 0 unspecified atom stereocenters. The van der Waals surface area contributed by atoms with Crippen LogP contribution in [0.4, 0.5) is 0 Å². The van der Waals surface area contributed by atoms with Gasteiger partial charge in [-0.3, -0.25) is 9.69 Å². The Kier molecular flexibility index (Phi) is 2.59. The number of hydrogen-bond acceptors (Lipinski definition) is 3. The van der Waals surface area contributed by atoms with Gasteiger partial charge in [0.05, 0.1) is 12.4 Å². The Balaban J connectivity index is 2.19. The fraction of sp³-hybridized carbons (Fsp3) is 0.0909. The van der Waals surface area contributed by atoms with E-state index in [9.17, 15) is 9.59 Å². The molecule has 0 aromatic heterocycles. The lowest BCUT2D eigenvalue weighted by Gasteiger charge is -2.07. The van der Waals surface area contributed by atoms with Gasteiger partial charge < -0.3 is 10.4 Å². The fourth-order valence-electron chi connectivity index (χ4n) is 1.47. The van der Waals surface area contributed by atoms with Crippen molar-refractivity contribution < 1.29 is 14.7 Å². The zero-order valence-electron chi connectivity index (χ0n) is 8.38. The average molecular weight is 218 g/mol. The number of aliphatic carboxylic acids is 1. The molecule has 2 N–H and O–H groups in total. The maximum absolute atomic E-state index is 11.2. The topological polar surface area (TPSA) is 69.6 Å². The van der Waals surface area contributed by atoms with Gasteiger partial charge in [0.15, 0.2) is 0 Å². The van der Waals surface area contributed by atoms with Crippen LogP contribution in [-0.4, -0.2) is 28.6 Å². The van der Waals surface area contributed by atoms with E-state index in [-0.39, 0.29) is 6.67 Å². The molecule has 16 heavy (non-hydrogen) atoms. The summed E-state index contributed by atoms with van der Waals surface area (Å²) in [6.45, 7) is 0.190. The normalized spacial score (nSPS) is 14.2. The summed E-state index contributed by atoms with van der Waals surface area (Å²) in [5, 5.41) is 11.5. The molecule has 0 atom stereocenters. The molecular weight excluding hydrogens is 208 g/mol. The third-order valence-electron chi connectivity index (χ3n) is 2.25. The van der Waals surface area contributed by atoms with Crippen LogP contribution in [0.2, 0.25) is 0 Å². The third-order valence-corrected chi connectivity index (χ3v) is 2.25. The summed E-state index contributed by atoms with van der Waals surface area (Å²) in [4.78, 5) is 22.8. The van der Waals surface area contributed by atoms with Crippen molar-refractivity contribution in [2.45, 2.75) is 0 Å². The molecule has 0 saturated carbocycles. The molecule has 1 amide bonds. The van der Waals surface area contributed by atoms with Gasteiger partial charge in [-0.15, -0.1) is 0 Å². The first-order valence-corrected chi connectivity index (χ1v) is 4.73. The summed E-state index contributed by atoms with van der Waals surface area (Å²) in [6.07, 6.45) is 1.51. The second kappa shape index (κ2) is 4.06. The fourth-order valence-corrected chi connectivity index (χ4v) is 1.47. The molecule has 0 saturated heterocycles. The number of carbonyl (C=O) groups excluding carboxylic acids is 1. The molecule has 0 radical (unpaired) electrons. The van der Waals surface area contributed by atoms with Gasteiger partial charge in [-0.1, -0.05) is 30.3 Å². The van der Waals surface area contributed by atoms with E-state index in [1.54, 1.807) is 0 Å². The molecule has 5 nitrogen and oxygen atoms in total. The van der Waals surface area contributed by atoms with Gasteiger partial charge in [-0.25, -0.2) is 4.79 Å². The maximum Gasteiger partial charge on any atom is 0.395 e. The molecular formula is C11H10N2O3. The van der Waals surface area contributed by atoms with Gasteiger partial charge in [-0.05, 0) is 5.56 Å². The summed E-state index contributed by atoms with van der Waals surface area (Å²) in [7, 11) is 0. The number of carboxylic acid groups (broad SMARTS) is 1. The molecule has 82 valence electrons. The average Bonchev–Trinajstić information content (AvgIpc) is 2.78. The summed E-state index contributed by atoms with van der Waals surface area (Å²) in [6, 6.07) is 9.40. The number of hydrogen-bond donors (Lipinski definition) is 2. The lowest BCUT2D eigenvalue weighted by molar-refractivity contribution is -0.154. The molecule has 0 fully saturated rings. The van der Waals surface area contributed by atoms with Crippen LogP contribution in [-0.2, 0) is 9.59 Å². The number of benzene rings is 1. The highest BCUT2D eigenvalue weighted by molar-refractivity contribution is 6.31. The Morgan fingerprint density at radius 3 is 2.56 bits per heavy atom. The largest absolute Gasteiger partial charge is 0.474 e. The first kappa shape index (κ1) is 10.2. The second-order valence-corrected chi connectivity index (χ2v) is 3.32. The van der Waals surface area contributed by atoms with Crippen molar-refractivity contribution in [1.29, 1.82) is 0 Å². The van der Waals surface area contributed by atoms with E-state index in [0.29, 0.717) is 0 Å². The standard InChI is InChI=1S/C11H10N2O3/c14-10(11(15)16)13-6-9(12-7-13)8-4-2-1-3-5-8/h1-6,12H,7H2,(H,15,16). The van der Waals surface area contributed by atoms with Crippen LogP contribution >= 0.6 is 0 Å². The Labute approximate surface area is 92.0 Å². The third kappa shape index (κ3) is 1.88. The van der Waals surface area contributed by atoms with E-state index in [0.717, 1.165) is 16.2 Å². The van der Waals surface area contributed by atoms with Gasteiger partial charge in [-0.2, -0.15) is 0 Å². The van der Waals surface area contributed by atoms with Crippen molar-refractivity contribution in [1.82, 2.24) is 10.2 Å². The van der Waals surface area contributed by atoms with Crippen LogP contribution in [0.25, 0.3) is 5.70 Å². The lowest BCUT2D eigenvalue weighted by atomic mass is 10.2. The van der Waals surface area contributed by atoms with Gasteiger partial charge in [0.1, 0.15) is 0 Å². The smallest absolute Gasteiger partial charge is 0.395 e. The van der Waals surface area contributed by atoms with E-state index in [1.807, 2.05) is 30.3 Å². The number of carboxylic acids is 1. The second-order valence-electron chi connectivity index (χ2n) is 3.32. The molecule has 0 spiro atoms. The number of carbonyl (C=O) groups is 2. The molecule has 5 heteroatoms. The molecule has 1 aromatic rings. The highest BCUT2D eigenvalue weighted by Crippen LogP contribution is 2.16. The Morgan fingerprint density at radius 1 is 1.25 bits per heavy atom.